The van der Waals surface area contributed by atoms with Gasteiger partial charge in [-0.3, -0.25) is 19.7 Å². The summed E-state index contributed by atoms with van der Waals surface area (Å²) < 4.78 is 0. The second kappa shape index (κ2) is 7.57. The van der Waals surface area contributed by atoms with Crippen molar-refractivity contribution in [3.63, 3.8) is 0 Å². The monoisotopic (exact) mass is 341 g/mol. The Morgan fingerprint density at radius 2 is 1.76 bits per heavy atom. The number of primary amides is 1. The van der Waals surface area contributed by atoms with Crippen LogP contribution in [-0.4, -0.2) is 22.8 Å². The molecular formula is C18H19N3O4. The fraction of sp³-hybridized carbons (Fsp3) is 0.222. The Morgan fingerprint density at radius 1 is 1.16 bits per heavy atom. The minimum Gasteiger partial charge on any atom is -0.368 e. The zero-order valence-electron chi connectivity index (χ0n) is 14.0. The summed E-state index contributed by atoms with van der Waals surface area (Å²) in [6.45, 7) is 3.84. The number of nitro benzene ring substituents is 1. The average Bonchev–Trinajstić information content (AvgIpc) is 2.57. The normalized spacial score (nSPS) is 11.6. The molecule has 0 saturated heterocycles. The quantitative estimate of drug-likeness (QED) is 0.618. The van der Waals surface area contributed by atoms with Gasteiger partial charge in [-0.25, -0.2) is 0 Å². The number of hydrogen-bond acceptors (Lipinski definition) is 4. The lowest BCUT2D eigenvalue weighted by Gasteiger charge is -2.18. The molecule has 0 spiro atoms. The van der Waals surface area contributed by atoms with Crippen molar-refractivity contribution in [1.82, 2.24) is 5.32 Å². The number of nitrogens with two attached hydrogens (primary N) is 1. The predicted molar refractivity (Wildman–Crippen MR) is 93.2 cm³/mol. The molecule has 0 aliphatic rings. The van der Waals surface area contributed by atoms with Crippen molar-refractivity contribution in [3.05, 3.63) is 74.8 Å². The van der Waals surface area contributed by atoms with Crippen LogP contribution in [0.2, 0.25) is 0 Å². The SMILES string of the molecule is Cc1cccc(C)c1C[C@@H](NC(=O)c1cccc([N+](=O)[O-])c1)C(N)=O. The van der Waals surface area contributed by atoms with Gasteiger partial charge in [0.25, 0.3) is 11.6 Å². The van der Waals surface area contributed by atoms with E-state index in [0.717, 1.165) is 22.8 Å². The molecule has 0 fully saturated rings. The first-order valence-corrected chi connectivity index (χ1v) is 7.69. The van der Waals surface area contributed by atoms with Gasteiger partial charge in [-0.05, 0) is 36.6 Å². The lowest BCUT2D eigenvalue weighted by atomic mass is 9.96. The molecule has 2 aromatic carbocycles. The van der Waals surface area contributed by atoms with Crippen LogP contribution in [0.5, 0.6) is 0 Å². The fourth-order valence-corrected chi connectivity index (χ4v) is 2.60. The molecule has 1 atom stereocenters. The maximum Gasteiger partial charge on any atom is 0.270 e. The molecule has 7 heteroatoms. The van der Waals surface area contributed by atoms with E-state index in [1.807, 2.05) is 32.0 Å². The maximum absolute atomic E-state index is 12.4. The maximum atomic E-state index is 12.4. The zero-order valence-corrected chi connectivity index (χ0v) is 14.0. The van der Waals surface area contributed by atoms with Crippen molar-refractivity contribution in [2.45, 2.75) is 26.3 Å². The molecule has 3 N–H and O–H groups in total. The zero-order chi connectivity index (χ0) is 18.6. The van der Waals surface area contributed by atoms with Crippen LogP contribution in [0, 0.1) is 24.0 Å². The lowest BCUT2D eigenvalue weighted by molar-refractivity contribution is -0.384. The Hall–Kier alpha value is -3.22. The van der Waals surface area contributed by atoms with Gasteiger partial charge in [0.2, 0.25) is 5.91 Å². The van der Waals surface area contributed by atoms with Crippen molar-refractivity contribution >= 4 is 17.5 Å². The molecule has 130 valence electrons. The molecule has 0 aromatic heterocycles. The number of carbonyl (C=O) groups excluding carboxylic acids is 2. The molecule has 7 nitrogen and oxygen atoms in total. The highest BCUT2D eigenvalue weighted by Gasteiger charge is 2.22. The number of nitrogens with one attached hydrogen (secondary N) is 1. The fourth-order valence-electron chi connectivity index (χ4n) is 2.60. The Bertz CT molecular complexity index is 813. The van der Waals surface area contributed by atoms with Crippen LogP contribution < -0.4 is 11.1 Å². The van der Waals surface area contributed by atoms with Crippen LogP contribution in [0.4, 0.5) is 5.69 Å². The molecule has 0 unspecified atom stereocenters. The van der Waals surface area contributed by atoms with E-state index < -0.39 is 22.8 Å². The van der Waals surface area contributed by atoms with Gasteiger partial charge in [0, 0.05) is 24.1 Å². The van der Waals surface area contributed by atoms with Crippen molar-refractivity contribution in [1.29, 1.82) is 0 Å². The van der Waals surface area contributed by atoms with Gasteiger partial charge < -0.3 is 11.1 Å². The third kappa shape index (κ3) is 4.41. The highest BCUT2D eigenvalue weighted by atomic mass is 16.6. The first-order chi connectivity index (χ1) is 11.8. The summed E-state index contributed by atoms with van der Waals surface area (Å²) in [5.41, 5.74) is 8.26. The van der Waals surface area contributed by atoms with Gasteiger partial charge in [0.1, 0.15) is 6.04 Å². The van der Waals surface area contributed by atoms with Crippen LogP contribution in [0.1, 0.15) is 27.0 Å². The van der Waals surface area contributed by atoms with Gasteiger partial charge in [-0.1, -0.05) is 24.3 Å². The van der Waals surface area contributed by atoms with Crippen LogP contribution in [0.3, 0.4) is 0 Å². The van der Waals surface area contributed by atoms with Gasteiger partial charge in [-0.15, -0.1) is 0 Å². The molecule has 0 radical (unpaired) electrons. The van der Waals surface area contributed by atoms with Gasteiger partial charge in [-0.2, -0.15) is 0 Å². The van der Waals surface area contributed by atoms with Gasteiger partial charge in [0.05, 0.1) is 4.92 Å². The molecule has 2 amide bonds. The summed E-state index contributed by atoms with van der Waals surface area (Å²) in [4.78, 5) is 34.4. The number of amides is 2. The summed E-state index contributed by atoms with van der Waals surface area (Å²) in [6.07, 6.45) is 0.258. The topological polar surface area (TPSA) is 115 Å². The van der Waals surface area contributed by atoms with Crippen molar-refractivity contribution in [2.75, 3.05) is 0 Å². The standard InChI is InChI=1S/C18H19N3O4/c1-11-5-3-6-12(2)15(11)10-16(17(19)22)20-18(23)13-7-4-8-14(9-13)21(24)25/h3-9,16H,10H2,1-2H3,(H2,19,22)(H,20,23)/t16-/m1/s1. The largest absolute Gasteiger partial charge is 0.368 e. The molecule has 0 aliphatic carbocycles. The number of hydrogen-bond donors (Lipinski definition) is 2. The number of aryl methyl sites for hydroxylation is 2. The van der Waals surface area contributed by atoms with Crippen LogP contribution in [0.25, 0.3) is 0 Å². The van der Waals surface area contributed by atoms with E-state index in [1.165, 1.54) is 18.2 Å². The van der Waals surface area contributed by atoms with E-state index in [2.05, 4.69) is 5.32 Å². The number of nitro groups is 1. The first kappa shape index (κ1) is 18.1. The summed E-state index contributed by atoms with van der Waals surface area (Å²) in [6, 6.07) is 10.1. The highest BCUT2D eigenvalue weighted by Crippen LogP contribution is 2.17. The molecule has 0 bridgehead atoms. The third-order valence-corrected chi connectivity index (χ3v) is 4.02. The Balaban J connectivity index is 2.22. The van der Waals surface area contributed by atoms with E-state index in [0.29, 0.717) is 0 Å². The van der Waals surface area contributed by atoms with Crippen LogP contribution in [0.15, 0.2) is 42.5 Å². The highest BCUT2D eigenvalue weighted by molar-refractivity contribution is 5.97. The molecule has 0 aliphatic heterocycles. The van der Waals surface area contributed by atoms with Crippen LogP contribution >= 0.6 is 0 Å². The molecule has 0 heterocycles. The average molecular weight is 341 g/mol. The van der Waals surface area contributed by atoms with E-state index >= 15 is 0 Å². The number of non-ortho nitro benzene ring substituents is 1. The first-order valence-electron chi connectivity index (χ1n) is 7.69. The van der Waals surface area contributed by atoms with Gasteiger partial charge >= 0.3 is 0 Å². The van der Waals surface area contributed by atoms with Crippen molar-refractivity contribution in [2.24, 2.45) is 5.73 Å². The van der Waals surface area contributed by atoms with E-state index in [1.54, 1.807) is 0 Å². The molecule has 0 saturated carbocycles. The van der Waals surface area contributed by atoms with E-state index in [9.17, 15) is 19.7 Å². The lowest BCUT2D eigenvalue weighted by Crippen LogP contribution is -2.46. The molecule has 2 rings (SSSR count). The predicted octanol–water partition coefficient (Wildman–Crippen LogP) is 2.04. The van der Waals surface area contributed by atoms with E-state index in [-0.39, 0.29) is 17.7 Å². The number of nitrogens with zero attached hydrogens (tertiary/aromatic N) is 1. The summed E-state index contributed by atoms with van der Waals surface area (Å²) in [7, 11) is 0. The number of carbonyl (C=O) groups is 2. The Kier molecular flexibility index (Phi) is 5.49. The summed E-state index contributed by atoms with van der Waals surface area (Å²) >= 11 is 0. The summed E-state index contributed by atoms with van der Waals surface area (Å²) in [5, 5.41) is 13.4. The molecule has 25 heavy (non-hydrogen) atoms. The summed E-state index contributed by atoms with van der Waals surface area (Å²) in [5.74, 6) is -1.25. The second-order valence-electron chi connectivity index (χ2n) is 5.81. The van der Waals surface area contributed by atoms with Crippen LogP contribution in [-0.2, 0) is 11.2 Å². The minimum absolute atomic E-state index is 0.0990. The van der Waals surface area contributed by atoms with Crippen molar-refractivity contribution < 1.29 is 14.5 Å². The van der Waals surface area contributed by atoms with Gasteiger partial charge in [0.15, 0.2) is 0 Å². The third-order valence-electron chi connectivity index (χ3n) is 4.02. The Labute approximate surface area is 145 Å². The number of benzene rings is 2. The van der Waals surface area contributed by atoms with E-state index in [4.69, 9.17) is 5.73 Å². The smallest absolute Gasteiger partial charge is 0.270 e. The molecule has 2 aromatic rings. The Morgan fingerprint density at radius 3 is 2.32 bits per heavy atom. The minimum atomic E-state index is -0.911. The second-order valence-corrected chi connectivity index (χ2v) is 5.81. The number of rotatable bonds is 6. The van der Waals surface area contributed by atoms with Crippen molar-refractivity contribution in [3.8, 4) is 0 Å². The molecular weight excluding hydrogens is 322 g/mol.